The quantitative estimate of drug-likeness (QED) is 0.520. The molecule has 4 aliphatic rings. The third kappa shape index (κ3) is 2.96. The molecule has 0 amide bonds. The lowest BCUT2D eigenvalue weighted by molar-refractivity contribution is -0.169. The summed E-state index contributed by atoms with van der Waals surface area (Å²) in [6, 6.07) is 0. The van der Waals surface area contributed by atoms with E-state index in [1.807, 2.05) is 0 Å². The fourth-order valence-electron chi connectivity index (χ4n) is 6.09. The fraction of sp³-hybridized carbons (Fsp3) is 0.783. The summed E-state index contributed by atoms with van der Waals surface area (Å²) in [5, 5.41) is 0. The number of carbonyl (C=O) groups excluding carboxylic acids is 1. The monoisotopic (exact) mass is 358 g/mol. The summed E-state index contributed by atoms with van der Waals surface area (Å²) in [5.41, 5.74) is 3.00. The maximum Gasteiger partial charge on any atom is 0.312 e. The molecule has 0 aromatic rings. The lowest BCUT2D eigenvalue weighted by Crippen LogP contribution is -2.53. The summed E-state index contributed by atoms with van der Waals surface area (Å²) in [4.78, 5) is 13.0. The van der Waals surface area contributed by atoms with Crippen molar-refractivity contribution in [2.75, 3.05) is 13.2 Å². The Morgan fingerprint density at radius 2 is 2.12 bits per heavy atom. The van der Waals surface area contributed by atoms with E-state index in [9.17, 15) is 4.79 Å². The number of hydrogen-bond donors (Lipinski definition) is 0. The zero-order valence-electron chi connectivity index (χ0n) is 16.8. The van der Waals surface area contributed by atoms with Crippen LogP contribution in [0.1, 0.15) is 66.2 Å². The zero-order chi connectivity index (χ0) is 18.5. The molecule has 26 heavy (non-hydrogen) atoms. The summed E-state index contributed by atoms with van der Waals surface area (Å²) in [6.07, 6.45) is 11.9. The Bertz CT molecular complexity index is 642. The first kappa shape index (κ1) is 18.3. The van der Waals surface area contributed by atoms with E-state index in [0.717, 1.165) is 25.9 Å². The topological polar surface area (TPSA) is 38.8 Å². The van der Waals surface area contributed by atoms with Crippen LogP contribution in [0, 0.1) is 28.6 Å². The molecular weight excluding hydrogens is 324 g/mol. The van der Waals surface area contributed by atoms with Gasteiger partial charge < -0.3 is 9.47 Å². The van der Waals surface area contributed by atoms with Gasteiger partial charge in [0.2, 0.25) is 0 Å². The van der Waals surface area contributed by atoms with Crippen LogP contribution in [0.5, 0.6) is 0 Å². The van der Waals surface area contributed by atoms with Gasteiger partial charge >= 0.3 is 5.97 Å². The number of epoxide rings is 1. The van der Waals surface area contributed by atoms with Crippen LogP contribution < -0.4 is 0 Å². The van der Waals surface area contributed by atoms with Gasteiger partial charge in [-0.05, 0) is 67.8 Å². The van der Waals surface area contributed by atoms with Crippen molar-refractivity contribution in [2.45, 2.75) is 72.3 Å². The Balaban J connectivity index is 1.60. The average molecular weight is 359 g/mol. The SMILES string of the molecule is CC(C)C1=CC2=CCC3[C@](C)(CCC[C@]3(C)C(=O)OCC3CO3)[C@@H]2CC1. The molecule has 1 saturated heterocycles. The molecule has 144 valence electrons. The van der Waals surface area contributed by atoms with Gasteiger partial charge in [0.05, 0.1) is 12.0 Å². The summed E-state index contributed by atoms with van der Waals surface area (Å²) in [6.45, 7) is 10.4. The van der Waals surface area contributed by atoms with Crippen LogP contribution in [0.4, 0.5) is 0 Å². The molecule has 5 atom stereocenters. The molecule has 0 radical (unpaired) electrons. The van der Waals surface area contributed by atoms with Crippen LogP contribution in [0.3, 0.4) is 0 Å². The van der Waals surface area contributed by atoms with Gasteiger partial charge in [-0.1, -0.05) is 44.9 Å². The first-order valence-electron chi connectivity index (χ1n) is 10.5. The van der Waals surface area contributed by atoms with E-state index in [0.29, 0.717) is 24.4 Å². The standard InChI is InChI=1S/C23H34O3/c1-15(2)16-6-8-19-17(12-16)7-9-20-22(19,3)10-5-11-23(20,4)21(24)26-14-18-13-25-18/h7,12,15,18-20H,5-6,8-11,13-14H2,1-4H3/t18?,19-,20?,22-,23+/m1/s1. The third-order valence-corrected chi connectivity index (χ3v) is 7.85. The molecule has 3 heteroatoms. The van der Waals surface area contributed by atoms with Crippen LogP contribution in [0.25, 0.3) is 0 Å². The smallest absolute Gasteiger partial charge is 0.312 e. The first-order valence-corrected chi connectivity index (χ1v) is 10.5. The second-order valence-corrected chi connectivity index (χ2v) is 9.79. The normalized spacial score (nSPS) is 41.7. The van der Waals surface area contributed by atoms with E-state index >= 15 is 0 Å². The van der Waals surface area contributed by atoms with Gasteiger partial charge in [0, 0.05) is 0 Å². The number of hydrogen-bond acceptors (Lipinski definition) is 3. The van der Waals surface area contributed by atoms with E-state index in [1.165, 1.54) is 19.3 Å². The van der Waals surface area contributed by atoms with E-state index in [1.54, 1.807) is 11.1 Å². The lowest BCUT2D eigenvalue weighted by Gasteiger charge is -2.57. The average Bonchev–Trinajstić information content (AvgIpc) is 3.43. The van der Waals surface area contributed by atoms with Crippen molar-refractivity contribution in [3.05, 3.63) is 23.3 Å². The summed E-state index contributed by atoms with van der Waals surface area (Å²) < 4.78 is 10.9. The molecule has 0 aromatic carbocycles. The Labute approximate surface area is 158 Å². The van der Waals surface area contributed by atoms with Gasteiger partial charge in [0.1, 0.15) is 12.7 Å². The van der Waals surface area contributed by atoms with Gasteiger partial charge in [-0.25, -0.2) is 0 Å². The summed E-state index contributed by atoms with van der Waals surface area (Å²) in [5.74, 6) is 1.63. The largest absolute Gasteiger partial charge is 0.462 e. The van der Waals surface area contributed by atoms with Crippen molar-refractivity contribution in [1.29, 1.82) is 0 Å². The minimum Gasteiger partial charge on any atom is -0.462 e. The minimum atomic E-state index is -0.355. The minimum absolute atomic E-state index is 0.00926. The van der Waals surface area contributed by atoms with E-state index in [-0.39, 0.29) is 22.9 Å². The second kappa shape index (κ2) is 6.51. The summed E-state index contributed by atoms with van der Waals surface area (Å²) in [7, 11) is 0. The molecule has 2 unspecified atom stereocenters. The van der Waals surface area contributed by atoms with Crippen LogP contribution in [0.2, 0.25) is 0 Å². The highest BCUT2D eigenvalue weighted by Gasteiger charge is 2.57. The molecule has 0 spiro atoms. The van der Waals surface area contributed by atoms with Gasteiger partial charge in [0.25, 0.3) is 0 Å². The number of allylic oxidation sites excluding steroid dienone is 4. The van der Waals surface area contributed by atoms with Crippen LogP contribution in [0.15, 0.2) is 23.3 Å². The highest BCUT2D eigenvalue weighted by molar-refractivity contribution is 5.77. The first-order chi connectivity index (χ1) is 12.3. The molecule has 3 nitrogen and oxygen atoms in total. The van der Waals surface area contributed by atoms with Crippen molar-refractivity contribution in [3.63, 3.8) is 0 Å². The molecular formula is C23H34O3. The number of ether oxygens (including phenoxy) is 2. The van der Waals surface area contributed by atoms with Crippen LogP contribution >= 0.6 is 0 Å². The number of esters is 1. The third-order valence-electron chi connectivity index (χ3n) is 7.85. The predicted molar refractivity (Wildman–Crippen MR) is 103 cm³/mol. The predicted octanol–water partition coefficient (Wildman–Crippen LogP) is 5.06. The van der Waals surface area contributed by atoms with Gasteiger partial charge in [-0.15, -0.1) is 0 Å². The highest BCUT2D eigenvalue weighted by atomic mass is 16.6. The van der Waals surface area contributed by atoms with Gasteiger partial charge in [-0.2, -0.15) is 0 Å². The molecule has 1 aliphatic heterocycles. The molecule has 2 fully saturated rings. The van der Waals surface area contributed by atoms with Gasteiger partial charge in [0.15, 0.2) is 0 Å². The highest BCUT2D eigenvalue weighted by Crippen LogP contribution is 2.62. The molecule has 0 aromatic heterocycles. The number of fused-ring (bicyclic) bond motifs is 3. The van der Waals surface area contributed by atoms with Crippen molar-refractivity contribution in [1.82, 2.24) is 0 Å². The second-order valence-electron chi connectivity index (χ2n) is 9.79. The molecule has 1 heterocycles. The number of rotatable bonds is 4. The van der Waals surface area contributed by atoms with Crippen molar-refractivity contribution < 1.29 is 14.3 Å². The molecule has 1 saturated carbocycles. The molecule has 0 N–H and O–H groups in total. The Morgan fingerprint density at radius 1 is 1.35 bits per heavy atom. The van der Waals surface area contributed by atoms with Crippen molar-refractivity contribution in [2.24, 2.45) is 28.6 Å². The lowest BCUT2D eigenvalue weighted by atomic mass is 9.47. The Morgan fingerprint density at radius 3 is 2.81 bits per heavy atom. The zero-order valence-corrected chi connectivity index (χ0v) is 16.8. The molecule has 3 aliphatic carbocycles. The van der Waals surface area contributed by atoms with Crippen molar-refractivity contribution in [3.8, 4) is 0 Å². The van der Waals surface area contributed by atoms with E-state index in [4.69, 9.17) is 9.47 Å². The van der Waals surface area contributed by atoms with E-state index < -0.39 is 0 Å². The van der Waals surface area contributed by atoms with Gasteiger partial charge in [-0.3, -0.25) is 4.79 Å². The van der Waals surface area contributed by atoms with Crippen LogP contribution in [-0.4, -0.2) is 25.3 Å². The molecule has 4 rings (SSSR count). The Hall–Kier alpha value is -1.09. The summed E-state index contributed by atoms with van der Waals surface area (Å²) >= 11 is 0. The van der Waals surface area contributed by atoms with Crippen LogP contribution in [-0.2, 0) is 14.3 Å². The van der Waals surface area contributed by atoms with Crippen molar-refractivity contribution >= 4 is 5.97 Å². The number of carbonyl (C=O) groups is 1. The maximum atomic E-state index is 13.0. The molecule has 0 bridgehead atoms. The fourth-order valence-corrected chi connectivity index (χ4v) is 6.09. The van der Waals surface area contributed by atoms with E-state index in [2.05, 4.69) is 39.8 Å². The maximum absolute atomic E-state index is 13.0. The Kier molecular flexibility index (Phi) is 4.58.